The molecule has 0 fully saturated rings. The van der Waals surface area contributed by atoms with Crippen LogP contribution in [0, 0.1) is 6.92 Å². The van der Waals surface area contributed by atoms with Crippen molar-refractivity contribution < 1.29 is 9.90 Å². The number of carbonyl (C=O) groups excluding carboxylic acids is 1. The summed E-state index contributed by atoms with van der Waals surface area (Å²) in [5.74, 6) is -0.182. The maximum Gasteiger partial charge on any atom is 0.244 e. The summed E-state index contributed by atoms with van der Waals surface area (Å²) in [7, 11) is 0. The molecule has 1 unspecified atom stereocenters. The molecule has 1 aromatic rings. The molecule has 0 aliphatic heterocycles. The fourth-order valence-corrected chi connectivity index (χ4v) is 1.27. The molecule has 0 aromatic heterocycles. The van der Waals surface area contributed by atoms with Crippen LogP contribution in [0.2, 0.25) is 0 Å². The standard InChI is InChI=1S/C14H19NO2/c1-3-13(16)10-15-14(17)9-8-12-6-4-11(2)5-7-12/h4-9,13,16H,3,10H2,1-2H3,(H,15,17)/b9-8+. The van der Waals surface area contributed by atoms with E-state index in [0.29, 0.717) is 13.0 Å². The first-order valence-electron chi connectivity index (χ1n) is 5.82. The number of carbonyl (C=O) groups is 1. The summed E-state index contributed by atoms with van der Waals surface area (Å²) >= 11 is 0. The molecule has 0 aliphatic carbocycles. The largest absolute Gasteiger partial charge is 0.391 e. The number of aliphatic hydroxyl groups excluding tert-OH is 1. The molecule has 92 valence electrons. The summed E-state index contributed by atoms with van der Waals surface area (Å²) in [6, 6.07) is 7.91. The molecule has 3 nitrogen and oxygen atoms in total. The Morgan fingerprint density at radius 1 is 1.41 bits per heavy atom. The molecule has 17 heavy (non-hydrogen) atoms. The SMILES string of the molecule is CCC(O)CNC(=O)/C=C/c1ccc(C)cc1. The number of aliphatic hydroxyl groups is 1. The number of benzene rings is 1. The van der Waals surface area contributed by atoms with E-state index in [1.807, 2.05) is 38.1 Å². The minimum absolute atomic E-state index is 0.182. The third-order valence-electron chi connectivity index (χ3n) is 2.49. The minimum atomic E-state index is -0.466. The monoisotopic (exact) mass is 233 g/mol. The summed E-state index contributed by atoms with van der Waals surface area (Å²) in [5, 5.41) is 11.9. The van der Waals surface area contributed by atoms with Gasteiger partial charge in [0, 0.05) is 12.6 Å². The van der Waals surface area contributed by atoms with E-state index in [-0.39, 0.29) is 5.91 Å². The lowest BCUT2D eigenvalue weighted by molar-refractivity contribution is -0.116. The van der Waals surface area contributed by atoms with Gasteiger partial charge in [0.1, 0.15) is 0 Å². The highest BCUT2D eigenvalue weighted by atomic mass is 16.3. The van der Waals surface area contributed by atoms with Gasteiger partial charge in [-0.25, -0.2) is 0 Å². The van der Waals surface area contributed by atoms with Gasteiger partial charge in [-0.05, 0) is 25.0 Å². The van der Waals surface area contributed by atoms with Crippen molar-refractivity contribution >= 4 is 12.0 Å². The Labute approximate surface area is 102 Å². The van der Waals surface area contributed by atoms with E-state index in [0.717, 1.165) is 5.56 Å². The van der Waals surface area contributed by atoms with Gasteiger partial charge in [0.2, 0.25) is 5.91 Å². The van der Waals surface area contributed by atoms with Crippen molar-refractivity contribution in [2.45, 2.75) is 26.4 Å². The first kappa shape index (κ1) is 13.5. The number of hydrogen-bond donors (Lipinski definition) is 2. The van der Waals surface area contributed by atoms with Crippen LogP contribution >= 0.6 is 0 Å². The zero-order valence-electron chi connectivity index (χ0n) is 10.3. The van der Waals surface area contributed by atoms with Gasteiger partial charge in [0.05, 0.1) is 6.10 Å². The summed E-state index contributed by atoms with van der Waals surface area (Å²) in [6.07, 6.45) is 3.41. The van der Waals surface area contributed by atoms with Crippen LogP contribution in [0.15, 0.2) is 30.3 Å². The van der Waals surface area contributed by atoms with Crippen molar-refractivity contribution in [2.24, 2.45) is 0 Å². The molecule has 0 spiro atoms. The molecular formula is C14H19NO2. The second-order valence-corrected chi connectivity index (χ2v) is 4.05. The van der Waals surface area contributed by atoms with Gasteiger partial charge in [-0.15, -0.1) is 0 Å². The van der Waals surface area contributed by atoms with E-state index < -0.39 is 6.10 Å². The minimum Gasteiger partial charge on any atom is -0.391 e. The van der Waals surface area contributed by atoms with Crippen molar-refractivity contribution in [3.05, 3.63) is 41.5 Å². The molecule has 2 N–H and O–H groups in total. The zero-order chi connectivity index (χ0) is 12.7. The van der Waals surface area contributed by atoms with Crippen LogP contribution in [-0.4, -0.2) is 23.7 Å². The van der Waals surface area contributed by atoms with Crippen molar-refractivity contribution in [1.29, 1.82) is 0 Å². The lowest BCUT2D eigenvalue weighted by Crippen LogP contribution is -2.30. The van der Waals surface area contributed by atoms with E-state index in [2.05, 4.69) is 5.32 Å². The van der Waals surface area contributed by atoms with E-state index in [1.165, 1.54) is 11.6 Å². The third kappa shape index (κ3) is 5.31. The Balaban J connectivity index is 2.42. The number of rotatable bonds is 5. The predicted molar refractivity (Wildman–Crippen MR) is 69.5 cm³/mol. The van der Waals surface area contributed by atoms with Crippen LogP contribution in [0.5, 0.6) is 0 Å². The van der Waals surface area contributed by atoms with Crippen LogP contribution in [0.1, 0.15) is 24.5 Å². The Morgan fingerprint density at radius 3 is 2.65 bits per heavy atom. The highest BCUT2D eigenvalue weighted by Crippen LogP contribution is 2.04. The molecule has 1 amide bonds. The smallest absolute Gasteiger partial charge is 0.244 e. The lowest BCUT2D eigenvalue weighted by Gasteiger charge is -2.07. The quantitative estimate of drug-likeness (QED) is 0.763. The van der Waals surface area contributed by atoms with E-state index in [9.17, 15) is 9.90 Å². The number of aryl methyl sites for hydroxylation is 1. The molecule has 0 saturated heterocycles. The van der Waals surface area contributed by atoms with Gasteiger partial charge in [-0.1, -0.05) is 36.8 Å². The zero-order valence-corrected chi connectivity index (χ0v) is 10.3. The molecule has 0 heterocycles. The van der Waals surface area contributed by atoms with Gasteiger partial charge < -0.3 is 10.4 Å². The van der Waals surface area contributed by atoms with Gasteiger partial charge in [0.25, 0.3) is 0 Å². The van der Waals surface area contributed by atoms with Crippen molar-refractivity contribution in [3.8, 4) is 0 Å². The second kappa shape index (κ2) is 6.86. The number of hydrogen-bond acceptors (Lipinski definition) is 2. The highest BCUT2D eigenvalue weighted by molar-refractivity contribution is 5.91. The lowest BCUT2D eigenvalue weighted by atomic mass is 10.1. The highest BCUT2D eigenvalue weighted by Gasteiger charge is 2.01. The molecule has 1 atom stereocenters. The van der Waals surface area contributed by atoms with Gasteiger partial charge >= 0.3 is 0 Å². The Hall–Kier alpha value is -1.61. The van der Waals surface area contributed by atoms with Crippen LogP contribution in [0.4, 0.5) is 0 Å². The molecule has 3 heteroatoms. The van der Waals surface area contributed by atoms with E-state index >= 15 is 0 Å². The van der Waals surface area contributed by atoms with Crippen molar-refractivity contribution in [2.75, 3.05) is 6.54 Å². The summed E-state index contributed by atoms with van der Waals surface area (Å²) in [5.41, 5.74) is 2.18. The second-order valence-electron chi connectivity index (χ2n) is 4.05. The average molecular weight is 233 g/mol. The van der Waals surface area contributed by atoms with Gasteiger partial charge in [-0.2, -0.15) is 0 Å². The summed E-state index contributed by atoms with van der Waals surface area (Å²) in [6.45, 7) is 4.19. The first-order valence-corrected chi connectivity index (χ1v) is 5.82. The molecule has 0 bridgehead atoms. The van der Waals surface area contributed by atoms with Crippen LogP contribution < -0.4 is 5.32 Å². The van der Waals surface area contributed by atoms with Crippen LogP contribution in [-0.2, 0) is 4.79 Å². The fraction of sp³-hybridized carbons (Fsp3) is 0.357. The topological polar surface area (TPSA) is 49.3 Å². The van der Waals surface area contributed by atoms with Gasteiger partial charge in [0.15, 0.2) is 0 Å². The number of nitrogens with one attached hydrogen (secondary N) is 1. The summed E-state index contributed by atoms with van der Waals surface area (Å²) < 4.78 is 0. The van der Waals surface area contributed by atoms with Gasteiger partial charge in [-0.3, -0.25) is 4.79 Å². The number of amides is 1. The Bertz CT molecular complexity index is 382. The predicted octanol–water partition coefficient (Wildman–Crippen LogP) is 1.90. The molecule has 1 aromatic carbocycles. The molecule has 0 aliphatic rings. The molecule has 0 radical (unpaired) electrons. The fourth-order valence-electron chi connectivity index (χ4n) is 1.27. The normalized spacial score (nSPS) is 12.6. The molecule has 1 rings (SSSR count). The van der Waals surface area contributed by atoms with Crippen molar-refractivity contribution in [3.63, 3.8) is 0 Å². The van der Waals surface area contributed by atoms with E-state index in [1.54, 1.807) is 6.08 Å². The van der Waals surface area contributed by atoms with Crippen LogP contribution in [0.25, 0.3) is 6.08 Å². The van der Waals surface area contributed by atoms with E-state index in [4.69, 9.17) is 0 Å². The average Bonchev–Trinajstić information content (AvgIpc) is 2.35. The molecular weight excluding hydrogens is 214 g/mol. The Kier molecular flexibility index (Phi) is 5.43. The first-order chi connectivity index (χ1) is 8.11. The maximum atomic E-state index is 11.4. The van der Waals surface area contributed by atoms with Crippen LogP contribution in [0.3, 0.4) is 0 Å². The molecule has 0 saturated carbocycles. The van der Waals surface area contributed by atoms with Crippen molar-refractivity contribution in [1.82, 2.24) is 5.32 Å². The summed E-state index contributed by atoms with van der Waals surface area (Å²) in [4.78, 5) is 11.4. The Morgan fingerprint density at radius 2 is 2.06 bits per heavy atom. The third-order valence-corrected chi connectivity index (χ3v) is 2.49. The maximum absolute atomic E-state index is 11.4.